The van der Waals surface area contributed by atoms with E-state index in [-0.39, 0.29) is 16.6 Å². The van der Waals surface area contributed by atoms with E-state index in [4.69, 9.17) is 0 Å². The fourth-order valence-electron chi connectivity index (χ4n) is 3.65. The third kappa shape index (κ3) is 6.30. The quantitative estimate of drug-likeness (QED) is 0.583. The zero-order chi connectivity index (χ0) is 22.4. The van der Waals surface area contributed by atoms with Crippen molar-refractivity contribution in [2.45, 2.75) is 56.0 Å². The molecule has 1 aliphatic rings. The van der Waals surface area contributed by atoms with Crippen LogP contribution in [-0.2, 0) is 21.4 Å². The summed E-state index contributed by atoms with van der Waals surface area (Å²) in [7, 11) is -1.70. The lowest BCUT2D eigenvalue weighted by Gasteiger charge is -2.20. The van der Waals surface area contributed by atoms with Crippen LogP contribution in [0.3, 0.4) is 0 Å². The first kappa shape index (κ1) is 23.8. The van der Waals surface area contributed by atoms with Crippen LogP contribution >= 0.6 is 11.8 Å². The third-order valence-electron chi connectivity index (χ3n) is 5.59. The number of hydrogen-bond acceptors (Lipinski definition) is 5. The van der Waals surface area contributed by atoms with E-state index >= 15 is 0 Å². The van der Waals surface area contributed by atoms with E-state index in [1.165, 1.54) is 29.1 Å². The molecule has 0 atom stereocenters. The van der Waals surface area contributed by atoms with Crippen LogP contribution in [0.25, 0.3) is 0 Å². The number of benzene rings is 1. The highest BCUT2D eigenvalue weighted by Gasteiger charge is 2.25. The van der Waals surface area contributed by atoms with E-state index in [2.05, 4.69) is 37.0 Å². The molecule has 2 heterocycles. The Kier molecular flexibility index (Phi) is 8.13. The number of amides is 1. The van der Waals surface area contributed by atoms with Gasteiger partial charge < -0.3 is 4.90 Å². The second kappa shape index (κ2) is 10.6. The van der Waals surface area contributed by atoms with Gasteiger partial charge in [-0.15, -0.1) is 0 Å². The maximum Gasteiger partial charge on any atom is 0.244 e. The van der Waals surface area contributed by atoms with Crippen molar-refractivity contribution in [3.05, 3.63) is 53.2 Å². The third-order valence-corrected chi connectivity index (χ3v) is 8.40. The Morgan fingerprint density at radius 1 is 1.10 bits per heavy atom. The minimum Gasteiger partial charge on any atom is -0.341 e. The zero-order valence-corrected chi connectivity index (χ0v) is 20.1. The Balaban J connectivity index is 1.56. The number of carbonyl (C=O) groups is 1. The van der Waals surface area contributed by atoms with Crippen LogP contribution in [0, 0.1) is 13.8 Å². The molecule has 0 radical (unpaired) electrons. The summed E-state index contributed by atoms with van der Waals surface area (Å²) in [6, 6.07) is 9.52. The molecule has 6 nitrogen and oxygen atoms in total. The summed E-state index contributed by atoms with van der Waals surface area (Å²) < 4.78 is 27.3. The van der Waals surface area contributed by atoms with Crippen LogP contribution in [-0.4, -0.2) is 54.4 Å². The minimum atomic E-state index is -3.50. The van der Waals surface area contributed by atoms with Gasteiger partial charge >= 0.3 is 0 Å². The fraction of sp³-hybridized carbons (Fsp3) is 0.478. The number of hydrogen-bond donors (Lipinski definition) is 0. The number of sulfonamides is 1. The van der Waals surface area contributed by atoms with E-state index < -0.39 is 10.0 Å². The average molecular weight is 462 g/mol. The number of pyridine rings is 1. The second-order valence-corrected chi connectivity index (χ2v) is 11.1. The molecule has 0 N–H and O–H groups in total. The highest BCUT2D eigenvalue weighted by molar-refractivity contribution is 7.99. The van der Waals surface area contributed by atoms with Gasteiger partial charge in [0.2, 0.25) is 15.9 Å². The first-order valence-corrected chi connectivity index (χ1v) is 13.1. The van der Waals surface area contributed by atoms with E-state index in [1.54, 1.807) is 28.4 Å². The van der Waals surface area contributed by atoms with Crippen molar-refractivity contribution < 1.29 is 13.2 Å². The maximum atomic E-state index is 12.8. The molecule has 3 rings (SSSR count). The van der Waals surface area contributed by atoms with Gasteiger partial charge in [0, 0.05) is 32.9 Å². The first-order valence-electron chi connectivity index (χ1n) is 10.7. The molecule has 1 aromatic carbocycles. The predicted molar refractivity (Wildman–Crippen MR) is 125 cm³/mol. The van der Waals surface area contributed by atoms with Crippen molar-refractivity contribution in [2.75, 3.05) is 25.9 Å². The van der Waals surface area contributed by atoms with Crippen molar-refractivity contribution in [1.82, 2.24) is 14.2 Å². The SMILES string of the molecule is Cc1ccc(CN(C)C(=O)CSc2ccc(S(=O)(=O)N3CCCCCC3)cn2)c(C)c1. The topological polar surface area (TPSA) is 70.6 Å². The van der Waals surface area contributed by atoms with E-state index in [1.807, 2.05) is 0 Å². The number of aryl methyl sites for hydroxylation is 2. The van der Waals surface area contributed by atoms with Crippen molar-refractivity contribution >= 4 is 27.7 Å². The lowest BCUT2D eigenvalue weighted by molar-refractivity contribution is -0.127. The van der Waals surface area contributed by atoms with Gasteiger partial charge in [-0.2, -0.15) is 4.31 Å². The summed E-state index contributed by atoms with van der Waals surface area (Å²) in [5.41, 5.74) is 3.51. The van der Waals surface area contributed by atoms with Crippen molar-refractivity contribution in [3.63, 3.8) is 0 Å². The summed E-state index contributed by atoms with van der Waals surface area (Å²) >= 11 is 1.32. The molecule has 0 saturated carbocycles. The van der Waals surface area contributed by atoms with E-state index in [0.717, 1.165) is 31.2 Å². The Bertz CT molecular complexity index is 999. The number of aromatic nitrogens is 1. The minimum absolute atomic E-state index is 0.00744. The van der Waals surface area contributed by atoms with Gasteiger partial charge in [-0.1, -0.05) is 48.4 Å². The van der Waals surface area contributed by atoms with E-state index in [0.29, 0.717) is 24.7 Å². The van der Waals surface area contributed by atoms with Gasteiger partial charge in [-0.3, -0.25) is 4.79 Å². The molecule has 1 aliphatic heterocycles. The first-order chi connectivity index (χ1) is 14.8. The zero-order valence-electron chi connectivity index (χ0n) is 18.5. The highest BCUT2D eigenvalue weighted by atomic mass is 32.2. The Morgan fingerprint density at radius 2 is 1.81 bits per heavy atom. The van der Waals surface area contributed by atoms with Crippen LogP contribution in [0.2, 0.25) is 0 Å². The largest absolute Gasteiger partial charge is 0.341 e. The van der Waals surface area contributed by atoms with Crippen LogP contribution in [0.4, 0.5) is 0 Å². The number of nitrogens with zero attached hydrogens (tertiary/aromatic N) is 3. The summed E-state index contributed by atoms with van der Waals surface area (Å²) in [5.74, 6) is 0.264. The highest BCUT2D eigenvalue weighted by Crippen LogP contribution is 2.22. The Morgan fingerprint density at radius 3 is 2.42 bits per heavy atom. The monoisotopic (exact) mass is 461 g/mol. The van der Waals surface area contributed by atoms with Crippen LogP contribution < -0.4 is 0 Å². The second-order valence-electron chi connectivity index (χ2n) is 8.12. The van der Waals surface area contributed by atoms with Crippen LogP contribution in [0.5, 0.6) is 0 Å². The molecular weight excluding hydrogens is 430 g/mol. The van der Waals surface area contributed by atoms with Gasteiger partial charge in [-0.05, 0) is 49.9 Å². The molecule has 1 fully saturated rings. The lowest BCUT2D eigenvalue weighted by atomic mass is 10.1. The maximum absolute atomic E-state index is 12.8. The molecular formula is C23H31N3O3S2. The normalized spacial score (nSPS) is 15.5. The van der Waals surface area contributed by atoms with Gasteiger partial charge in [0.1, 0.15) is 4.90 Å². The molecule has 0 aliphatic carbocycles. The summed E-state index contributed by atoms with van der Waals surface area (Å²) in [6.07, 6.45) is 5.36. The molecule has 2 aromatic rings. The molecule has 1 amide bonds. The number of carbonyl (C=O) groups excluding carboxylic acids is 1. The Labute approximate surface area is 190 Å². The average Bonchev–Trinajstić information content (AvgIpc) is 3.04. The summed E-state index contributed by atoms with van der Waals surface area (Å²) in [5, 5.41) is 0.642. The van der Waals surface area contributed by atoms with E-state index in [9.17, 15) is 13.2 Å². The fourth-order valence-corrected chi connectivity index (χ4v) is 5.89. The number of thioether (sulfide) groups is 1. The summed E-state index contributed by atoms with van der Waals surface area (Å²) in [6.45, 7) is 5.81. The molecule has 31 heavy (non-hydrogen) atoms. The van der Waals surface area contributed by atoms with Gasteiger partial charge in [0.25, 0.3) is 0 Å². The molecule has 1 saturated heterocycles. The molecule has 168 valence electrons. The standard InChI is InChI=1S/C23H31N3O3S2/c1-18-8-9-20(19(2)14-18)16-25(3)23(27)17-30-22-11-10-21(15-24-22)31(28,29)26-12-6-4-5-7-13-26/h8-11,14-15H,4-7,12-13,16-17H2,1-3H3. The Hall–Kier alpha value is -1.90. The van der Waals surface area contributed by atoms with Crippen LogP contribution in [0.1, 0.15) is 42.4 Å². The van der Waals surface area contributed by atoms with Crippen molar-refractivity contribution in [3.8, 4) is 0 Å². The van der Waals surface area contributed by atoms with Gasteiger partial charge in [0.05, 0.1) is 10.8 Å². The molecule has 1 aromatic heterocycles. The smallest absolute Gasteiger partial charge is 0.244 e. The number of rotatable bonds is 7. The molecule has 0 unspecified atom stereocenters. The van der Waals surface area contributed by atoms with Crippen molar-refractivity contribution in [1.29, 1.82) is 0 Å². The molecule has 0 bridgehead atoms. The van der Waals surface area contributed by atoms with Crippen LogP contribution in [0.15, 0.2) is 46.5 Å². The van der Waals surface area contributed by atoms with Crippen molar-refractivity contribution in [2.24, 2.45) is 0 Å². The summed E-state index contributed by atoms with van der Waals surface area (Å²) in [4.78, 5) is 18.8. The lowest BCUT2D eigenvalue weighted by Crippen LogP contribution is -2.32. The molecule has 0 spiro atoms. The predicted octanol–water partition coefficient (Wildman–Crippen LogP) is 4.01. The molecule has 8 heteroatoms. The van der Waals surface area contributed by atoms with Gasteiger partial charge in [0.15, 0.2) is 0 Å². The van der Waals surface area contributed by atoms with Gasteiger partial charge in [-0.25, -0.2) is 13.4 Å².